The van der Waals surface area contributed by atoms with Crippen molar-refractivity contribution in [3.63, 3.8) is 0 Å². The van der Waals surface area contributed by atoms with Crippen LogP contribution < -0.4 is 9.47 Å². The van der Waals surface area contributed by atoms with Crippen molar-refractivity contribution in [3.8, 4) is 17.2 Å². The van der Waals surface area contributed by atoms with Crippen LogP contribution in [0.1, 0.15) is 0 Å². The molecule has 0 aromatic heterocycles. The van der Waals surface area contributed by atoms with Gasteiger partial charge in [-0.1, -0.05) is 0 Å². The van der Waals surface area contributed by atoms with Gasteiger partial charge in [0, 0.05) is 6.07 Å². The highest BCUT2D eigenvalue weighted by Gasteiger charge is 2.44. The Labute approximate surface area is 120 Å². The predicted octanol–water partition coefficient (Wildman–Crippen LogP) is -1.42. The van der Waals surface area contributed by atoms with Gasteiger partial charge in [-0.15, -0.1) is 0 Å². The van der Waals surface area contributed by atoms with Gasteiger partial charge in [-0.05, 0) is 12.1 Å². The summed E-state index contributed by atoms with van der Waals surface area (Å²) in [5.41, 5.74) is 0. The quantitative estimate of drug-likeness (QED) is 0.458. The summed E-state index contributed by atoms with van der Waals surface area (Å²) in [6.07, 6.45) is -6.85. The summed E-state index contributed by atoms with van der Waals surface area (Å²) in [6.45, 7) is -0.544. The van der Waals surface area contributed by atoms with Crippen molar-refractivity contribution in [2.45, 2.75) is 30.7 Å². The van der Waals surface area contributed by atoms with E-state index in [0.29, 0.717) is 0 Å². The molecule has 0 unspecified atom stereocenters. The average molecular weight is 302 g/mol. The monoisotopic (exact) mass is 302 g/mol. The molecule has 5 atom stereocenters. The Kier molecular flexibility index (Phi) is 4.86. The number of benzene rings is 1. The lowest BCUT2D eigenvalue weighted by molar-refractivity contribution is -0.277. The van der Waals surface area contributed by atoms with Crippen molar-refractivity contribution in [2.75, 3.05) is 13.7 Å². The molecule has 0 spiro atoms. The molecule has 0 bridgehead atoms. The zero-order chi connectivity index (χ0) is 15.6. The normalized spacial score (nSPS) is 32.7. The number of ether oxygens (including phenoxy) is 3. The number of rotatable bonds is 4. The van der Waals surface area contributed by atoms with Gasteiger partial charge < -0.3 is 39.7 Å². The van der Waals surface area contributed by atoms with Gasteiger partial charge in [0.05, 0.1) is 13.7 Å². The van der Waals surface area contributed by atoms with Crippen LogP contribution in [0.25, 0.3) is 0 Å². The first-order valence-electron chi connectivity index (χ1n) is 6.32. The first-order chi connectivity index (χ1) is 9.97. The van der Waals surface area contributed by atoms with Gasteiger partial charge in [-0.2, -0.15) is 0 Å². The summed E-state index contributed by atoms with van der Waals surface area (Å²) in [7, 11) is 1.37. The third-order valence-corrected chi connectivity index (χ3v) is 3.24. The number of aliphatic hydroxyl groups is 4. The summed E-state index contributed by atoms with van der Waals surface area (Å²) in [6, 6.07) is 4.05. The van der Waals surface area contributed by atoms with Gasteiger partial charge in [0.2, 0.25) is 6.29 Å². The first-order valence-corrected chi connectivity index (χ1v) is 6.32. The van der Waals surface area contributed by atoms with E-state index >= 15 is 0 Å². The van der Waals surface area contributed by atoms with E-state index in [2.05, 4.69) is 0 Å². The minimum atomic E-state index is -1.52. The molecule has 1 aromatic rings. The summed E-state index contributed by atoms with van der Waals surface area (Å²) in [5.74, 6) is 0.333. The molecule has 21 heavy (non-hydrogen) atoms. The van der Waals surface area contributed by atoms with Crippen molar-refractivity contribution in [1.29, 1.82) is 0 Å². The Balaban J connectivity index is 2.18. The van der Waals surface area contributed by atoms with E-state index in [1.807, 2.05) is 0 Å². The van der Waals surface area contributed by atoms with Gasteiger partial charge in [0.15, 0.2) is 11.5 Å². The van der Waals surface area contributed by atoms with Crippen LogP contribution in [-0.4, -0.2) is 70.0 Å². The van der Waals surface area contributed by atoms with E-state index in [1.54, 1.807) is 0 Å². The molecule has 5 N–H and O–H groups in total. The van der Waals surface area contributed by atoms with Gasteiger partial charge in [0.25, 0.3) is 0 Å². The fourth-order valence-electron chi connectivity index (χ4n) is 2.04. The second-order valence-corrected chi connectivity index (χ2v) is 4.65. The SMILES string of the molecule is COc1cc(O)ccc1O[C@@H]1O[C@H](CO)[C@H](O)[C@H](O)[C@@H]1O. The van der Waals surface area contributed by atoms with E-state index in [1.165, 1.54) is 25.3 Å². The van der Waals surface area contributed by atoms with Crippen LogP contribution in [0.4, 0.5) is 0 Å². The van der Waals surface area contributed by atoms with Crippen LogP contribution >= 0.6 is 0 Å². The van der Waals surface area contributed by atoms with Gasteiger partial charge in [-0.3, -0.25) is 0 Å². The van der Waals surface area contributed by atoms with Crippen LogP contribution in [0.15, 0.2) is 18.2 Å². The maximum absolute atomic E-state index is 9.87. The van der Waals surface area contributed by atoms with Crippen LogP contribution in [-0.2, 0) is 4.74 Å². The number of hydrogen-bond acceptors (Lipinski definition) is 8. The molecule has 8 heteroatoms. The minimum absolute atomic E-state index is 0.0343. The Bertz CT molecular complexity index is 477. The molecule has 1 aromatic carbocycles. The van der Waals surface area contributed by atoms with Gasteiger partial charge in [0.1, 0.15) is 30.2 Å². The lowest BCUT2D eigenvalue weighted by Crippen LogP contribution is -2.60. The maximum atomic E-state index is 9.87. The fourth-order valence-corrected chi connectivity index (χ4v) is 2.04. The number of methoxy groups -OCH3 is 1. The van der Waals surface area contributed by atoms with Gasteiger partial charge in [-0.25, -0.2) is 0 Å². The minimum Gasteiger partial charge on any atom is -0.508 e. The number of hydrogen-bond donors (Lipinski definition) is 5. The second-order valence-electron chi connectivity index (χ2n) is 4.65. The van der Waals surface area contributed by atoms with Gasteiger partial charge >= 0.3 is 0 Å². The molecule has 1 saturated heterocycles. The standard InChI is InChI=1S/C13H18O8/c1-19-8-4-6(15)2-3-7(8)20-13-12(18)11(17)10(16)9(5-14)21-13/h2-4,9-18H,5H2,1H3/t9-,10+,11+,12+,13-/m1/s1. The molecule has 0 saturated carbocycles. The summed E-state index contributed by atoms with van der Waals surface area (Å²) < 4.78 is 15.6. The Hall–Kier alpha value is -1.58. The number of phenolic OH excluding ortho intramolecular Hbond substituents is 1. The van der Waals surface area contributed by atoms with E-state index in [9.17, 15) is 20.4 Å². The molecule has 1 aliphatic rings. The Morgan fingerprint density at radius 1 is 1.10 bits per heavy atom. The molecule has 8 nitrogen and oxygen atoms in total. The smallest absolute Gasteiger partial charge is 0.229 e. The second kappa shape index (κ2) is 6.46. The van der Waals surface area contributed by atoms with E-state index in [0.717, 1.165) is 0 Å². The lowest BCUT2D eigenvalue weighted by atomic mass is 9.99. The molecule has 1 fully saturated rings. The first kappa shape index (κ1) is 15.8. The van der Waals surface area contributed by atoms with Crippen molar-refractivity contribution in [2.24, 2.45) is 0 Å². The van der Waals surface area contributed by atoms with Crippen molar-refractivity contribution in [1.82, 2.24) is 0 Å². The van der Waals surface area contributed by atoms with E-state index in [4.69, 9.17) is 19.3 Å². The summed E-state index contributed by atoms with van der Waals surface area (Å²) in [5, 5.41) is 47.7. The van der Waals surface area contributed by atoms with Crippen molar-refractivity contribution in [3.05, 3.63) is 18.2 Å². The summed E-state index contributed by atoms with van der Waals surface area (Å²) in [4.78, 5) is 0. The van der Waals surface area contributed by atoms with Crippen LogP contribution in [0.2, 0.25) is 0 Å². The van der Waals surface area contributed by atoms with Crippen LogP contribution in [0.3, 0.4) is 0 Å². The zero-order valence-corrected chi connectivity index (χ0v) is 11.3. The molecule has 118 valence electrons. The zero-order valence-electron chi connectivity index (χ0n) is 11.3. The molecular formula is C13H18O8. The molecule has 2 rings (SSSR count). The van der Waals surface area contributed by atoms with Crippen molar-refractivity contribution < 1.29 is 39.7 Å². The number of phenols is 1. The Morgan fingerprint density at radius 2 is 1.81 bits per heavy atom. The van der Waals surface area contributed by atoms with Crippen molar-refractivity contribution >= 4 is 0 Å². The lowest BCUT2D eigenvalue weighted by Gasteiger charge is -2.39. The third-order valence-electron chi connectivity index (χ3n) is 3.24. The summed E-state index contributed by atoms with van der Waals surface area (Å²) >= 11 is 0. The van der Waals surface area contributed by atoms with Crippen LogP contribution in [0.5, 0.6) is 17.2 Å². The van der Waals surface area contributed by atoms with Crippen LogP contribution in [0, 0.1) is 0 Å². The maximum Gasteiger partial charge on any atom is 0.229 e. The molecule has 1 heterocycles. The molecule has 0 aliphatic carbocycles. The van der Waals surface area contributed by atoms with E-state index < -0.39 is 37.3 Å². The molecule has 0 amide bonds. The number of aromatic hydroxyl groups is 1. The van der Waals surface area contributed by atoms with E-state index in [-0.39, 0.29) is 17.2 Å². The highest BCUT2D eigenvalue weighted by molar-refractivity contribution is 5.45. The topological polar surface area (TPSA) is 129 Å². The highest BCUT2D eigenvalue weighted by Crippen LogP contribution is 2.33. The average Bonchev–Trinajstić information content (AvgIpc) is 2.49. The molecule has 1 aliphatic heterocycles. The molecule has 0 radical (unpaired) electrons. The highest BCUT2D eigenvalue weighted by atomic mass is 16.7. The number of aliphatic hydroxyl groups excluding tert-OH is 4. The molecular weight excluding hydrogens is 284 g/mol. The largest absolute Gasteiger partial charge is 0.508 e. The third kappa shape index (κ3) is 3.20. The predicted molar refractivity (Wildman–Crippen MR) is 69.1 cm³/mol. The fraction of sp³-hybridized carbons (Fsp3) is 0.538. The Morgan fingerprint density at radius 3 is 2.43 bits per heavy atom.